The van der Waals surface area contributed by atoms with E-state index in [2.05, 4.69) is 35.3 Å². The van der Waals surface area contributed by atoms with Crippen LogP contribution in [0.4, 0.5) is 16.4 Å². The van der Waals surface area contributed by atoms with Crippen LogP contribution in [-0.4, -0.2) is 46.8 Å². The summed E-state index contributed by atoms with van der Waals surface area (Å²) in [5.41, 5.74) is 2.95. The van der Waals surface area contributed by atoms with Crippen LogP contribution in [0.25, 0.3) is 22.2 Å². The van der Waals surface area contributed by atoms with E-state index in [0.29, 0.717) is 25.0 Å². The fraction of sp³-hybridized carbons (Fsp3) is 0.500. The highest BCUT2D eigenvalue weighted by Gasteiger charge is 2.30. The number of aromatic nitrogens is 3. The van der Waals surface area contributed by atoms with E-state index in [9.17, 15) is 9.59 Å². The Hall–Kier alpha value is -3.24. The molecule has 0 radical (unpaired) electrons. The summed E-state index contributed by atoms with van der Waals surface area (Å²) >= 11 is 0. The summed E-state index contributed by atoms with van der Waals surface area (Å²) in [6.07, 6.45) is 5.09. The second-order valence-corrected chi connectivity index (χ2v) is 17.8. The maximum atomic E-state index is 12.3. The molecule has 1 fully saturated rings. The summed E-state index contributed by atoms with van der Waals surface area (Å²) in [5, 5.41) is 6.58. The largest absolute Gasteiger partial charge is 0.444 e. The SMILES string of the molecule is Cc1cc(NC(=O)OC(C)(C)C)ncc1-c1cn(COCC[Si](C)(C)C)c2nc(NC(=O)C3CC3)ccc12. The molecule has 0 unspecified atom stereocenters. The first-order chi connectivity index (χ1) is 17.8. The van der Waals surface area contributed by atoms with Gasteiger partial charge in [-0.3, -0.25) is 10.1 Å². The molecule has 2 amide bonds. The number of aryl methyl sites for hydroxylation is 1. The molecule has 1 saturated carbocycles. The number of nitrogens with one attached hydrogen (secondary N) is 2. The zero-order chi connectivity index (χ0) is 27.7. The third-order valence-electron chi connectivity index (χ3n) is 6.18. The van der Waals surface area contributed by atoms with Crippen LogP contribution in [-0.2, 0) is 21.0 Å². The predicted molar refractivity (Wildman–Crippen MR) is 153 cm³/mol. The number of hydrogen-bond donors (Lipinski definition) is 2. The van der Waals surface area contributed by atoms with Crippen molar-refractivity contribution in [3.8, 4) is 11.1 Å². The minimum atomic E-state index is -1.21. The molecule has 0 atom stereocenters. The van der Waals surface area contributed by atoms with Crippen LogP contribution < -0.4 is 10.6 Å². The molecule has 4 rings (SSSR count). The zero-order valence-electron chi connectivity index (χ0n) is 23.5. The van der Waals surface area contributed by atoms with Gasteiger partial charge in [0.2, 0.25) is 5.91 Å². The Balaban J connectivity index is 1.62. The first-order valence-corrected chi connectivity index (χ1v) is 16.9. The van der Waals surface area contributed by atoms with Crippen molar-refractivity contribution in [1.29, 1.82) is 0 Å². The zero-order valence-corrected chi connectivity index (χ0v) is 24.5. The minimum Gasteiger partial charge on any atom is -0.444 e. The smallest absolute Gasteiger partial charge is 0.413 e. The van der Waals surface area contributed by atoms with Gasteiger partial charge in [-0.1, -0.05) is 19.6 Å². The van der Waals surface area contributed by atoms with Gasteiger partial charge >= 0.3 is 6.09 Å². The van der Waals surface area contributed by atoms with Crippen molar-refractivity contribution in [2.75, 3.05) is 17.2 Å². The summed E-state index contributed by atoms with van der Waals surface area (Å²) < 4.78 is 13.4. The van der Waals surface area contributed by atoms with Gasteiger partial charge in [0.25, 0.3) is 0 Å². The van der Waals surface area contributed by atoms with Crippen LogP contribution in [0.2, 0.25) is 25.7 Å². The molecule has 0 bridgehead atoms. The van der Waals surface area contributed by atoms with Gasteiger partial charge in [0.05, 0.1) is 0 Å². The average molecular weight is 538 g/mol. The molecule has 9 nitrogen and oxygen atoms in total. The highest BCUT2D eigenvalue weighted by molar-refractivity contribution is 6.76. The van der Waals surface area contributed by atoms with Gasteiger partial charge in [-0.2, -0.15) is 0 Å². The van der Waals surface area contributed by atoms with Crippen LogP contribution in [0, 0.1) is 12.8 Å². The summed E-state index contributed by atoms with van der Waals surface area (Å²) in [4.78, 5) is 33.8. The van der Waals surface area contributed by atoms with Crippen LogP contribution in [0.15, 0.2) is 30.6 Å². The molecular weight excluding hydrogens is 498 g/mol. The third-order valence-corrected chi connectivity index (χ3v) is 7.88. The Morgan fingerprint density at radius 2 is 1.84 bits per heavy atom. The van der Waals surface area contributed by atoms with Crippen LogP contribution >= 0.6 is 0 Å². The molecule has 204 valence electrons. The molecule has 3 aromatic rings. The van der Waals surface area contributed by atoms with E-state index >= 15 is 0 Å². The third kappa shape index (κ3) is 7.41. The molecule has 0 saturated heterocycles. The van der Waals surface area contributed by atoms with E-state index in [4.69, 9.17) is 14.5 Å². The van der Waals surface area contributed by atoms with E-state index in [1.807, 2.05) is 56.7 Å². The monoisotopic (exact) mass is 537 g/mol. The van der Waals surface area contributed by atoms with E-state index in [1.165, 1.54) is 0 Å². The van der Waals surface area contributed by atoms with Crippen molar-refractivity contribution >= 4 is 42.7 Å². The molecule has 3 aromatic heterocycles. The quantitative estimate of drug-likeness (QED) is 0.241. The van der Waals surface area contributed by atoms with Gasteiger partial charge in [0.1, 0.15) is 29.6 Å². The average Bonchev–Trinajstić information content (AvgIpc) is 3.58. The number of fused-ring (bicyclic) bond motifs is 1. The lowest BCUT2D eigenvalue weighted by atomic mass is 10.0. The highest BCUT2D eigenvalue weighted by Crippen LogP contribution is 2.34. The second kappa shape index (κ2) is 10.9. The van der Waals surface area contributed by atoms with Gasteiger partial charge in [0.15, 0.2) is 0 Å². The molecule has 2 N–H and O–H groups in total. The van der Waals surface area contributed by atoms with Gasteiger partial charge in [-0.25, -0.2) is 14.8 Å². The van der Waals surface area contributed by atoms with Crippen molar-refractivity contribution in [3.05, 3.63) is 36.2 Å². The van der Waals surface area contributed by atoms with E-state index in [-0.39, 0.29) is 11.8 Å². The lowest BCUT2D eigenvalue weighted by molar-refractivity contribution is -0.117. The van der Waals surface area contributed by atoms with E-state index in [0.717, 1.165) is 46.6 Å². The van der Waals surface area contributed by atoms with Gasteiger partial charge in [-0.15, -0.1) is 0 Å². The molecule has 38 heavy (non-hydrogen) atoms. The number of nitrogens with zero attached hydrogens (tertiary/aromatic N) is 3. The number of pyridine rings is 2. The van der Waals surface area contributed by atoms with Crippen molar-refractivity contribution in [3.63, 3.8) is 0 Å². The Kier molecular flexibility index (Phi) is 7.94. The number of anilines is 2. The fourth-order valence-electron chi connectivity index (χ4n) is 3.98. The predicted octanol–water partition coefficient (Wildman–Crippen LogP) is 6.41. The van der Waals surface area contributed by atoms with Gasteiger partial charge in [0, 0.05) is 49.5 Å². The first kappa shape index (κ1) is 27.8. The Bertz CT molecular complexity index is 1340. The normalized spacial score (nSPS) is 14.0. The van der Waals surface area contributed by atoms with Crippen LogP contribution in [0.5, 0.6) is 0 Å². The van der Waals surface area contributed by atoms with Crippen molar-refractivity contribution in [1.82, 2.24) is 14.5 Å². The molecular formula is C28H39N5O4Si. The number of ether oxygens (including phenoxy) is 2. The summed E-state index contributed by atoms with van der Waals surface area (Å²) in [7, 11) is -1.21. The Morgan fingerprint density at radius 3 is 2.47 bits per heavy atom. The van der Waals surface area contributed by atoms with Gasteiger partial charge in [-0.05, 0) is 70.3 Å². The molecule has 1 aliphatic rings. The van der Waals surface area contributed by atoms with Crippen LogP contribution in [0.1, 0.15) is 39.2 Å². The highest BCUT2D eigenvalue weighted by atomic mass is 28.3. The number of amides is 2. The number of carbonyl (C=O) groups is 2. The molecule has 0 spiro atoms. The second-order valence-electron chi connectivity index (χ2n) is 12.2. The lowest BCUT2D eigenvalue weighted by Crippen LogP contribution is -2.27. The Morgan fingerprint density at radius 1 is 1.11 bits per heavy atom. The Labute approximate surface area is 225 Å². The van der Waals surface area contributed by atoms with Crippen molar-refractivity contribution in [2.45, 2.75) is 78.6 Å². The standard InChI is InChI=1S/C28H39N5O4Si/c1-18-14-24(32-27(35)37-28(2,3)4)29-15-21(18)22-16-33(17-36-12-13-38(5,6)7)25-20(22)10-11-23(30-25)31-26(34)19-8-9-19/h10-11,14-16,19H,8-9,12-13,17H2,1-7H3,(H,29,32,35)(H,30,31,34). The molecule has 0 aliphatic heterocycles. The molecule has 3 heterocycles. The van der Waals surface area contributed by atoms with E-state index in [1.54, 1.807) is 6.20 Å². The number of carbonyl (C=O) groups excluding carboxylic acids is 2. The summed E-state index contributed by atoms with van der Waals surface area (Å²) in [6, 6.07) is 6.71. The summed E-state index contributed by atoms with van der Waals surface area (Å²) in [6.45, 7) is 15.4. The molecule has 0 aromatic carbocycles. The first-order valence-electron chi connectivity index (χ1n) is 13.1. The molecule has 10 heteroatoms. The number of hydrogen-bond acceptors (Lipinski definition) is 6. The number of rotatable bonds is 9. The maximum absolute atomic E-state index is 12.3. The van der Waals surface area contributed by atoms with E-state index < -0.39 is 19.8 Å². The molecule has 1 aliphatic carbocycles. The summed E-state index contributed by atoms with van der Waals surface area (Å²) in [5.74, 6) is 1.08. The topological polar surface area (TPSA) is 107 Å². The minimum absolute atomic E-state index is 0.0229. The fourth-order valence-corrected chi connectivity index (χ4v) is 4.73. The van der Waals surface area contributed by atoms with Crippen LogP contribution in [0.3, 0.4) is 0 Å². The maximum Gasteiger partial charge on any atom is 0.413 e. The lowest BCUT2D eigenvalue weighted by Gasteiger charge is -2.19. The van der Waals surface area contributed by atoms with Crippen molar-refractivity contribution < 1.29 is 19.1 Å². The van der Waals surface area contributed by atoms with Crippen molar-refractivity contribution in [2.24, 2.45) is 5.92 Å². The van der Waals surface area contributed by atoms with Gasteiger partial charge < -0.3 is 19.4 Å².